The summed E-state index contributed by atoms with van der Waals surface area (Å²) in [6, 6.07) is 6.72. The van der Waals surface area contributed by atoms with E-state index < -0.39 is 17.5 Å². The molecule has 0 bridgehead atoms. The molecule has 214 valence electrons. The molecule has 3 rings (SSSR count). The molecule has 2 aromatic rings. The average Bonchev–Trinajstić information content (AvgIpc) is 3.56. The Morgan fingerprint density at radius 1 is 1.13 bits per heavy atom. The van der Waals surface area contributed by atoms with E-state index in [4.69, 9.17) is 9.47 Å². The van der Waals surface area contributed by atoms with Gasteiger partial charge in [-0.15, -0.1) is 11.3 Å². The number of nitrogens with one attached hydrogen (secondary N) is 2. The van der Waals surface area contributed by atoms with Gasteiger partial charge in [0, 0.05) is 19.7 Å². The van der Waals surface area contributed by atoms with Gasteiger partial charge < -0.3 is 25.0 Å². The Labute approximate surface area is 235 Å². The standard InChI is InChI=1S/C29H42N4O5S/c1-6-14-37-15-16-38-18-24(34)32-26(29(3,4)5)28(36)33-13-7-8-23(33)27(35)30-17-21-9-11-22(12-10-21)25-20(2)31-19-39-25/h9-12,19,23,26H,6-8,13-18H2,1-5H3,(H,30,35)(H,32,34)/t23-,26?/m0/s1. The van der Waals surface area contributed by atoms with Crippen molar-refractivity contribution < 1.29 is 23.9 Å². The number of carbonyl (C=O) groups is 3. The number of hydrogen-bond acceptors (Lipinski definition) is 7. The van der Waals surface area contributed by atoms with Crippen LogP contribution in [-0.2, 0) is 30.4 Å². The maximum absolute atomic E-state index is 13.6. The van der Waals surface area contributed by atoms with Crippen LogP contribution in [0.15, 0.2) is 29.8 Å². The average molecular weight is 559 g/mol. The first-order valence-electron chi connectivity index (χ1n) is 13.6. The Morgan fingerprint density at radius 3 is 2.49 bits per heavy atom. The van der Waals surface area contributed by atoms with E-state index in [1.807, 2.05) is 64.4 Å². The van der Waals surface area contributed by atoms with E-state index in [2.05, 4.69) is 15.6 Å². The lowest BCUT2D eigenvalue weighted by atomic mass is 9.85. The third-order valence-electron chi connectivity index (χ3n) is 6.64. The van der Waals surface area contributed by atoms with Crippen LogP contribution in [0.25, 0.3) is 10.4 Å². The molecule has 0 radical (unpaired) electrons. The van der Waals surface area contributed by atoms with Gasteiger partial charge in [0.25, 0.3) is 0 Å². The van der Waals surface area contributed by atoms with Crippen molar-refractivity contribution in [1.82, 2.24) is 20.5 Å². The molecule has 0 aliphatic carbocycles. The fourth-order valence-corrected chi connectivity index (χ4v) is 5.32. The van der Waals surface area contributed by atoms with Crippen LogP contribution in [0.5, 0.6) is 0 Å². The predicted molar refractivity (Wildman–Crippen MR) is 152 cm³/mol. The lowest BCUT2D eigenvalue weighted by Gasteiger charge is -2.35. The Hall–Kier alpha value is -2.82. The van der Waals surface area contributed by atoms with Crippen molar-refractivity contribution in [1.29, 1.82) is 0 Å². The van der Waals surface area contributed by atoms with E-state index >= 15 is 0 Å². The van der Waals surface area contributed by atoms with Gasteiger partial charge in [-0.05, 0) is 42.7 Å². The molecule has 1 unspecified atom stereocenters. The minimum Gasteiger partial charge on any atom is -0.379 e. The molecule has 1 saturated heterocycles. The summed E-state index contributed by atoms with van der Waals surface area (Å²) in [5.41, 5.74) is 4.37. The second kappa shape index (κ2) is 14.5. The summed E-state index contributed by atoms with van der Waals surface area (Å²) in [6.07, 6.45) is 2.25. The van der Waals surface area contributed by atoms with Gasteiger partial charge >= 0.3 is 0 Å². The number of amides is 3. The van der Waals surface area contributed by atoms with Crippen LogP contribution < -0.4 is 10.6 Å². The van der Waals surface area contributed by atoms with E-state index in [9.17, 15) is 14.4 Å². The highest BCUT2D eigenvalue weighted by Crippen LogP contribution is 2.28. The number of ether oxygens (including phenoxy) is 2. The van der Waals surface area contributed by atoms with Crippen LogP contribution in [0.2, 0.25) is 0 Å². The first-order valence-corrected chi connectivity index (χ1v) is 14.5. The molecule has 9 nitrogen and oxygen atoms in total. The Morgan fingerprint density at radius 2 is 1.85 bits per heavy atom. The normalized spacial score (nSPS) is 16.2. The third kappa shape index (κ3) is 8.84. The van der Waals surface area contributed by atoms with Crippen LogP contribution in [-0.4, -0.2) is 72.7 Å². The number of likely N-dealkylation sites (tertiary alicyclic amines) is 1. The summed E-state index contributed by atoms with van der Waals surface area (Å²) >= 11 is 1.60. The van der Waals surface area contributed by atoms with Gasteiger partial charge in [-0.1, -0.05) is 52.0 Å². The number of nitrogens with zero attached hydrogens (tertiary/aromatic N) is 2. The smallest absolute Gasteiger partial charge is 0.246 e. The SMILES string of the molecule is CCCOCCOCC(=O)NC(C(=O)N1CCC[C@H]1C(=O)NCc1ccc(-c2scnc2C)cc1)C(C)(C)C. The molecule has 0 saturated carbocycles. The monoisotopic (exact) mass is 558 g/mol. The van der Waals surface area contributed by atoms with Gasteiger partial charge in [0.05, 0.1) is 29.3 Å². The first kappa shape index (κ1) is 30.7. The van der Waals surface area contributed by atoms with E-state index in [1.54, 1.807) is 16.2 Å². The summed E-state index contributed by atoms with van der Waals surface area (Å²) in [5.74, 6) is -0.794. The molecule has 1 fully saturated rings. The number of aromatic nitrogens is 1. The molecule has 2 heterocycles. The lowest BCUT2D eigenvalue weighted by Crippen LogP contribution is -2.58. The van der Waals surface area contributed by atoms with Crippen LogP contribution >= 0.6 is 11.3 Å². The summed E-state index contributed by atoms with van der Waals surface area (Å²) < 4.78 is 10.8. The summed E-state index contributed by atoms with van der Waals surface area (Å²) in [5, 5.41) is 5.84. The zero-order valence-corrected chi connectivity index (χ0v) is 24.6. The number of hydrogen-bond donors (Lipinski definition) is 2. The largest absolute Gasteiger partial charge is 0.379 e. The van der Waals surface area contributed by atoms with E-state index in [0.29, 0.717) is 39.3 Å². The Bertz CT molecular complexity index is 1100. The molecule has 1 aliphatic heterocycles. The highest BCUT2D eigenvalue weighted by molar-refractivity contribution is 7.13. The first-order chi connectivity index (χ1) is 18.6. The topological polar surface area (TPSA) is 110 Å². The van der Waals surface area contributed by atoms with Crippen LogP contribution in [0.4, 0.5) is 0 Å². The Balaban J connectivity index is 1.55. The van der Waals surface area contributed by atoms with Crippen molar-refractivity contribution in [3.63, 3.8) is 0 Å². The molecule has 2 atom stereocenters. The van der Waals surface area contributed by atoms with Crippen LogP contribution in [0.1, 0.15) is 58.2 Å². The van der Waals surface area contributed by atoms with Crippen molar-refractivity contribution in [2.45, 2.75) is 72.5 Å². The molecule has 1 aromatic carbocycles. The van der Waals surface area contributed by atoms with Crippen molar-refractivity contribution in [2.24, 2.45) is 5.41 Å². The minimum absolute atomic E-state index is 0.152. The zero-order chi connectivity index (χ0) is 28.4. The fourth-order valence-electron chi connectivity index (χ4n) is 4.51. The maximum atomic E-state index is 13.6. The van der Waals surface area contributed by atoms with Crippen molar-refractivity contribution in [2.75, 3.05) is 33.0 Å². The minimum atomic E-state index is -0.777. The molecular formula is C29H42N4O5S. The molecule has 39 heavy (non-hydrogen) atoms. The predicted octanol–water partition coefficient (Wildman–Crippen LogP) is 3.70. The van der Waals surface area contributed by atoms with Crippen molar-refractivity contribution >= 4 is 29.1 Å². The number of aryl methyl sites for hydroxylation is 1. The van der Waals surface area contributed by atoms with Crippen molar-refractivity contribution in [3.05, 3.63) is 41.0 Å². The molecule has 0 spiro atoms. The van der Waals surface area contributed by atoms with Gasteiger partial charge in [-0.25, -0.2) is 4.98 Å². The van der Waals surface area contributed by atoms with Gasteiger partial charge in [0.2, 0.25) is 17.7 Å². The van der Waals surface area contributed by atoms with E-state index in [-0.39, 0.29) is 24.3 Å². The molecule has 1 aromatic heterocycles. The third-order valence-corrected chi connectivity index (χ3v) is 7.62. The highest BCUT2D eigenvalue weighted by Gasteiger charge is 2.41. The molecular weight excluding hydrogens is 516 g/mol. The van der Waals surface area contributed by atoms with Crippen LogP contribution in [0.3, 0.4) is 0 Å². The second-order valence-corrected chi connectivity index (χ2v) is 11.8. The fraction of sp³-hybridized carbons (Fsp3) is 0.586. The molecule has 1 aliphatic rings. The van der Waals surface area contributed by atoms with E-state index in [0.717, 1.165) is 34.5 Å². The van der Waals surface area contributed by atoms with Gasteiger partial charge in [-0.3, -0.25) is 14.4 Å². The van der Waals surface area contributed by atoms with Gasteiger partial charge in [0.15, 0.2) is 0 Å². The lowest BCUT2D eigenvalue weighted by molar-refractivity contribution is -0.144. The van der Waals surface area contributed by atoms with Gasteiger partial charge in [0.1, 0.15) is 18.7 Å². The molecule has 3 amide bonds. The molecule has 10 heteroatoms. The summed E-state index contributed by atoms with van der Waals surface area (Å²) in [7, 11) is 0. The second-order valence-electron chi connectivity index (χ2n) is 10.9. The number of benzene rings is 1. The zero-order valence-electron chi connectivity index (χ0n) is 23.7. The van der Waals surface area contributed by atoms with E-state index in [1.165, 1.54) is 0 Å². The Kier molecular flexibility index (Phi) is 11.4. The van der Waals surface area contributed by atoms with Gasteiger partial charge in [-0.2, -0.15) is 0 Å². The van der Waals surface area contributed by atoms with Crippen molar-refractivity contribution in [3.8, 4) is 10.4 Å². The number of carbonyl (C=O) groups excluding carboxylic acids is 3. The quantitative estimate of drug-likeness (QED) is 0.363. The number of rotatable bonds is 13. The summed E-state index contributed by atoms with van der Waals surface area (Å²) in [4.78, 5) is 46.4. The molecule has 2 N–H and O–H groups in total. The number of thiazole rings is 1. The summed E-state index contributed by atoms with van der Waals surface area (Å²) in [6.45, 7) is 11.8. The van der Waals surface area contributed by atoms with Crippen LogP contribution in [0, 0.1) is 12.3 Å². The maximum Gasteiger partial charge on any atom is 0.246 e. The highest BCUT2D eigenvalue weighted by atomic mass is 32.1.